The topological polar surface area (TPSA) is 64.7 Å². The van der Waals surface area contributed by atoms with Gasteiger partial charge < -0.3 is 5.73 Å². The molecule has 0 aliphatic heterocycles. The number of halogens is 1. The lowest BCUT2D eigenvalue weighted by atomic mass is 10.2. The Morgan fingerprint density at radius 3 is 2.65 bits per heavy atom. The molecule has 2 N–H and O–H groups in total. The SMILES string of the molecule is Cc1nc(CCN)nc(-c2ccccc2F)n1. The molecule has 0 spiro atoms. The van der Waals surface area contributed by atoms with Crippen LogP contribution in [0.3, 0.4) is 0 Å². The Morgan fingerprint density at radius 1 is 1.18 bits per heavy atom. The van der Waals surface area contributed by atoms with E-state index in [9.17, 15) is 4.39 Å². The van der Waals surface area contributed by atoms with Gasteiger partial charge in [0, 0.05) is 6.42 Å². The smallest absolute Gasteiger partial charge is 0.166 e. The van der Waals surface area contributed by atoms with Gasteiger partial charge in [0.05, 0.1) is 5.56 Å². The normalized spacial score (nSPS) is 10.5. The second-order valence-corrected chi connectivity index (χ2v) is 3.64. The Labute approximate surface area is 98.7 Å². The van der Waals surface area contributed by atoms with E-state index in [1.165, 1.54) is 6.07 Å². The summed E-state index contributed by atoms with van der Waals surface area (Å²) in [6.45, 7) is 2.21. The van der Waals surface area contributed by atoms with Crippen molar-refractivity contribution in [2.24, 2.45) is 5.73 Å². The molecular formula is C12H13FN4. The minimum Gasteiger partial charge on any atom is -0.330 e. The number of rotatable bonds is 3. The van der Waals surface area contributed by atoms with Crippen molar-refractivity contribution in [3.8, 4) is 11.4 Å². The minimum atomic E-state index is -0.336. The van der Waals surface area contributed by atoms with E-state index >= 15 is 0 Å². The summed E-state index contributed by atoms with van der Waals surface area (Å²) >= 11 is 0. The van der Waals surface area contributed by atoms with Crippen molar-refractivity contribution in [3.05, 3.63) is 41.7 Å². The fourth-order valence-corrected chi connectivity index (χ4v) is 1.54. The van der Waals surface area contributed by atoms with Crippen LogP contribution in [0.5, 0.6) is 0 Å². The molecule has 1 aromatic heterocycles. The van der Waals surface area contributed by atoms with E-state index in [1.807, 2.05) is 0 Å². The lowest BCUT2D eigenvalue weighted by Gasteiger charge is -2.05. The third-order valence-electron chi connectivity index (χ3n) is 2.28. The lowest BCUT2D eigenvalue weighted by molar-refractivity contribution is 0.629. The molecular weight excluding hydrogens is 219 g/mol. The quantitative estimate of drug-likeness (QED) is 0.870. The molecule has 1 aromatic carbocycles. The number of nitrogens with two attached hydrogens (primary N) is 1. The molecule has 17 heavy (non-hydrogen) atoms. The van der Waals surface area contributed by atoms with E-state index in [-0.39, 0.29) is 5.82 Å². The van der Waals surface area contributed by atoms with Crippen LogP contribution >= 0.6 is 0 Å². The van der Waals surface area contributed by atoms with Gasteiger partial charge in [-0.2, -0.15) is 0 Å². The predicted molar refractivity (Wildman–Crippen MR) is 62.7 cm³/mol. The van der Waals surface area contributed by atoms with Crippen LogP contribution in [0, 0.1) is 12.7 Å². The molecule has 1 heterocycles. The summed E-state index contributed by atoms with van der Waals surface area (Å²) < 4.78 is 13.6. The monoisotopic (exact) mass is 232 g/mol. The third-order valence-corrected chi connectivity index (χ3v) is 2.28. The number of aryl methyl sites for hydroxylation is 1. The molecule has 0 saturated carbocycles. The van der Waals surface area contributed by atoms with E-state index in [1.54, 1.807) is 25.1 Å². The number of hydrogen-bond donors (Lipinski definition) is 1. The van der Waals surface area contributed by atoms with Crippen LogP contribution in [0.2, 0.25) is 0 Å². The van der Waals surface area contributed by atoms with Crippen LogP contribution in [0.4, 0.5) is 4.39 Å². The highest BCUT2D eigenvalue weighted by Crippen LogP contribution is 2.18. The Bertz CT molecular complexity index is 528. The second kappa shape index (κ2) is 4.97. The van der Waals surface area contributed by atoms with Gasteiger partial charge in [-0.1, -0.05) is 12.1 Å². The predicted octanol–water partition coefficient (Wildman–Crippen LogP) is 1.49. The Balaban J connectivity index is 2.48. The van der Waals surface area contributed by atoms with Crippen LogP contribution in [-0.2, 0) is 6.42 Å². The number of aromatic nitrogens is 3. The summed E-state index contributed by atoms with van der Waals surface area (Å²) in [5.74, 6) is 1.19. The molecule has 5 heteroatoms. The zero-order valence-electron chi connectivity index (χ0n) is 9.52. The van der Waals surface area contributed by atoms with Crippen LogP contribution < -0.4 is 5.73 Å². The molecule has 0 aliphatic carbocycles. The summed E-state index contributed by atoms with van der Waals surface area (Å²) in [4.78, 5) is 12.5. The third kappa shape index (κ3) is 2.62. The molecule has 0 atom stereocenters. The summed E-state index contributed by atoms with van der Waals surface area (Å²) in [6.07, 6.45) is 0.560. The highest BCUT2D eigenvalue weighted by molar-refractivity contribution is 5.55. The highest BCUT2D eigenvalue weighted by atomic mass is 19.1. The first kappa shape index (κ1) is 11.6. The van der Waals surface area contributed by atoms with E-state index < -0.39 is 0 Å². The molecule has 0 fully saturated rings. The summed E-state index contributed by atoms with van der Waals surface area (Å²) in [5.41, 5.74) is 5.84. The number of nitrogens with zero attached hydrogens (tertiary/aromatic N) is 3. The lowest BCUT2D eigenvalue weighted by Crippen LogP contribution is -2.09. The zero-order chi connectivity index (χ0) is 12.3. The maximum atomic E-state index is 13.6. The average Bonchev–Trinajstić information content (AvgIpc) is 2.29. The molecule has 2 rings (SSSR count). The Hall–Kier alpha value is -1.88. The van der Waals surface area contributed by atoms with Crippen LogP contribution in [0.15, 0.2) is 24.3 Å². The van der Waals surface area contributed by atoms with Crippen LogP contribution in [-0.4, -0.2) is 21.5 Å². The van der Waals surface area contributed by atoms with Crippen molar-refractivity contribution in [2.75, 3.05) is 6.54 Å². The molecule has 0 aliphatic rings. The van der Waals surface area contributed by atoms with Crippen molar-refractivity contribution < 1.29 is 4.39 Å². The summed E-state index contributed by atoms with van der Waals surface area (Å²) in [5, 5.41) is 0. The van der Waals surface area contributed by atoms with Gasteiger partial charge in [0.25, 0.3) is 0 Å². The maximum absolute atomic E-state index is 13.6. The molecule has 0 unspecified atom stereocenters. The number of benzene rings is 1. The van der Waals surface area contributed by atoms with Crippen LogP contribution in [0.25, 0.3) is 11.4 Å². The van der Waals surface area contributed by atoms with Crippen molar-refractivity contribution in [1.29, 1.82) is 0 Å². The van der Waals surface area contributed by atoms with E-state index in [0.717, 1.165) is 0 Å². The van der Waals surface area contributed by atoms with Gasteiger partial charge in [-0.05, 0) is 25.6 Å². The molecule has 4 nitrogen and oxygen atoms in total. The standard InChI is InChI=1S/C12H13FN4/c1-8-15-11(6-7-14)17-12(16-8)9-4-2-3-5-10(9)13/h2-5H,6-7,14H2,1H3. The average molecular weight is 232 g/mol. The minimum absolute atomic E-state index is 0.336. The first-order valence-electron chi connectivity index (χ1n) is 5.37. The van der Waals surface area contributed by atoms with Gasteiger partial charge >= 0.3 is 0 Å². The van der Waals surface area contributed by atoms with Crippen molar-refractivity contribution in [3.63, 3.8) is 0 Å². The molecule has 0 saturated heterocycles. The summed E-state index contributed by atoms with van der Waals surface area (Å²) in [6, 6.07) is 6.42. The van der Waals surface area contributed by atoms with E-state index in [4.69, 9.17) is 5.73 Å². The van der Waals surface area contributed by atoms with Gasteiger partial charge in [0.1, 0.15) is 17.5 Å². The van der Waals surface area contributed by atoms with Gasteiger partial charge in [0.15, 0.2) is 5.82 Å². The van der Waals surface area contributed by atoms with Gasteiger partial charge in [-0.15, -0.1) is 0 Å². The zero-order valence-corrected chi connectivity index (χ0v) is 9.52. The van der Waals surface area contributed by atoms with Gasteiger partial charge in [-0.25, -0.2) is 19.3 Å². The first-order valence-corrected chi connectivity index (χ1v) is 5.37. The van der Waals surface area contributed by atoms with Crippen molar-refractivity contribution in [1.82, 2.24) is 15.0 Å². The van der Waals surface area contributed by atoms with Crippen molar-refractivity contribution >= 4 is 0 Å². The van der Waals surface area contributed by atoms with Gasteiger partial charge in [0.2, 0.25) is 0 Å². The largest absolute Gasteiger partial charge is 0.330 e. The maximum Gasteiger partial charge on any atom is 0.166 e. The summed E-state index contributed by atoms with van der Waals surface area (Å²) in [7, 11) is 0. The van der Waals surface area contributed by atoms with Crippen molar-refractivity contribution in [2.45, 2.75) is 13.3 Å². The molecule has 0 bridgehead atoms. The molecule has 2 aromatic rings. The van der Waals surface area contributed by atoms with E-state index in [2.05, 4.69) is 15.0 Å². The molecule has 0 radical (unpaired) electrons. The second-order valence-electron chi connectivity index (χ2n) is 3.64. The van der Waals surface area contributed by atoms with E-state index in [0.29, 0.717) is 36.0 Å². The highest BCUT2D eigenvalue weighted by Gasteiger charge is 2.09. The fourth-order valence-electron chi connectivity index (χ4n) is 1.54. The number of hydrogen-bond acceptors (Lipinski definition) is 4. The van der Waals surface area contributed by atoms with Crippen LogP contribution in [0.1, 0.15) is 11.6 Å². The Morgan fingerprint density at radius 2 is 1.94 bits per heavy atom. The van der Waals surface area contributed by atoms with Gasteiger partial charge in [-0.3, -0.25) is 0 Å². The Kier molecular flexibility index (Phi) is 3.39. The molecule has 88 valence electrons. The molecule has 0 amide bonds. The first-order chi connectivity index (χ1) is 8.20. The fraction of sp³-hybridized carbons (Fsp3) is 0.250.